The highest BCUT2D eigenvalue weighted by molar-refractivity contribution is 7.89. The quantitative estimate of drug-likeness (QED) is 0.406. The molecule has 0 radical (unpaired) electrons. The van der Waals surface area contributed by atoms with Crippen LogP contribution < -0.4 is 5.32 Å². The number of nitro benzene ring substituents is 1. The van der Waals surface area contributed by atoms with E-state index in [1.807, 2.05) is 35.0 Å². The first-order valence-electron chi connectivity index (χ1n) is 10.8. The number of carbonyl (C=O) groups is 1. The number of hydrogen-bond donors (Lipinski definition) is 1. The lowest BCUT2D eigenvalue weighted by molar-refractivity contribution is -0.385. The second-order valence-corrected chi connectivity index (χ2v) is 10.2. The van der Waals surface area contributed by atoms with E-state index in [0.717, 1.165) is 11.6 Å². The maximum atomic E-state index is 13.1. The lowest BCUT2D eigenvalue weighted by atomic mass is 9.97. The third-order valence-corrected chi connectivity index (χ3v) is 7.98. The van der Waals surface area contributed by atoms with Crippen molar-refractivity contribution < 1.29 is 18.1 Å². The molecule has 3 aromatic rings. The fraction of sp³-hybridized carbons (Fsp3) is 0.304. The van der Waals surface area contributed by atoms with Crippen molar-refractivity contribution in [2.24, 2.45) is 5.92 Å². The van der Waals surface area contributed by atoms with E-state index in [-0.39, 0.29) is 35.5 Å². The molecule has 4 rings (SSSR count). The number of amides is 1. The van der Waals surface area contributed by atoms with Crippen LogP contribution in [0, 0.1) is 23.0 Å². The molecule has 0 aliphatic carbocycles. The van der Waals surface area contributed by atoms with Crippen LogP contribution in [0.5, 0.6) is 0 Å². The standard InChI is InChI=1S/C23H25N5O5S/c1-17-5-6-21(28(30)31)14-22(17)34(32,33)27-10-7-19(8-11-27)23(29)25-20-4-2-3-18(13-20)15-26-12-9-24-16-26/h2-6,9,12-14,16,19H,7-8,10-11,15H2,1H3,(H,25,29). The van der Waals surface area contributed by atoms with Gasteiger partial charge in [0.2, 0.25) is 15.9 Å². The number of nitrogens with zero attached hydrogens (tertiary/aromatic N) is 4. The van der Waals surface area contributed by atoms with E-state index in [4.69, 9.17) is 0 Å². The smallest absolute Gasteiger partial charge is 0.270 e. The Kier molecular flexibility index (Phi) is 6.75. The number of carbonyl (C=O) groups excluding carboxylic acids is 1. The minimum Gasteiger partial charge on any atom is -0.333 e. The van der Waals surface area contributed by atoms with Crippen molar-refractivity contribution >= 4 is 27.3 Å². The van der Waals surface area contributed by atoms with E-state index in [1.54, 1.807) is 19.4 Å². The molecule has 2 heterocycles. The van der Waals surface area contributed by atoms with Gasteiger partial charge in [-0.2, -0.15) is 4.31 Å². The highest BCUT2D eigenvalue weighted by Crippen LogP contribution is 2.29. The van der Waals surface area contributed by atoms with E-state index in [9.17, 15) is 23.3 Å². The molecule has 1 fully saturated rings. The number of hydrogen-bond acceptors (Lipinski definition) is 6. The lowest BCUT2D eigenvalue weighted by Gasteiger charge is -2.31. The Morgan fingerprint density at radius 2 is 1.97 bits per heavy atom. The number of rotatable bonds is 7. The molecule has 34 heavy (non-hydrogen) atoms. The van der Waals surface area contributed by atoms with Gasteiger partial charge >= 0.3 is 0 Å². The molecule has 1 aliphatic heterocycles. The van der Waals surface area contributed by atoms with Crippen LogP contribution in [0.3, 0.4) is 0 Å². The number of nitrogens with one attached hydrogen (secondary N) is 1. The van der Waals surface area contributed by atoms with Crippen LogP contribution in [0.25, 0.3) is 0 Å². The Morgan fingerprint density at radius 1 is 1.21 bits per heavy atom. The number of non-ortho nitro benzene ring substituents is 1. The molecule has 10 nitrogen and oxygen atoms in total. The molecule has 0 spiro atoms. The van der Waals surface area contributed by atoms with E-state index in [2.05, 4.69) is 10.3 Å². The molecule has 0 atom stereocenters. The molecule has 0 bridgehead atoms. The zero-order valence-corrected chi connectivity index (χ0v) is 19.4. The van der Waals surface area contributed by atoms with Crippen LogP contribution in [0.1, 0.15) is 24.0 Å². The maximum absolute atomic E-state index is 13.1. The number of sulfonamides is 1. The van der Waals surface area contributed by atoms with Crippen molar-refractivity contribution in [1.29, 1.82) is 0 Å². The van der Waals surface area contributed by atoms with Gasteiger partial charge in [-0.15, -0.1) is 0 Å². The van der Waals surface area contributed by atoms with Crippen molar-refractivity contribution in [3.63, 3.8) is 0 Å². The van der Waals surface area contributed by atoms with Gasteiger partial charge in [0.1, 0.15) is 0 Å². The highest BCUT2D eigenvalue weighted by Gasteiger charge is 2.33. The van der Waals surface area contributed by atoms with Gasteiger partial charge in [-0.1, -0.05) is 18.2 Å². The molecule has 2 aromatic carbocycles. The fourth-order valence-electron chi connectivity index (χ4n) is 4.06. The molecule has 1 aliphatic rings. The van der Waals surface area contributed by atoms with E-state index in [1.165, 1.54) is 16.4 Å². The normalized spacial score (nSPS) is 15.2. The summed E-state index contributed by atoms with van der Waals surface area (Å²) in [6.45, 7) is 2.58. The van der Waals surface area contributed by atoms with Crippen LogP contribution in [-0.4, -0.2) is 46.2 Å². The Hall–Kier alpha value is -3.57. The van der Waals surface area contributed by atoms with Gasteiger partial charge in [-0.05, 0) is 43.0 Å². The van der Waals surface area contributed by atoms with Gasteiger partial charge in [0.05, 0.1) is 16.1 Å². The maximum Gasteiger partial charge on any atom is 0.270 e. The first-order chi connectivity index (χ1) is 16.2. The summed E-state index contributed by atoms with van der Waals surface area (Å²) in [6.07, 6.45) is 6.03. The van der Waals surface area contributed by atoms with Crippen LogP contribution in [0.15, 0.2) is 66.1 Å². The minimum absolute atomic E-state index is 0.0701. The third-order valence-electron chi connectivity index (χ3n) is 5.94. The third kappa shape index (κ3) is 5.15. The number of piperidine rings is 1. The Balaban J connectivity index is 1.39. The van der Waals surface area contributed by atoms with Crippen LogP contribution in [-0.2, 0) is 21.4 Å². The number of imidazole rings is 1. The summed E-state index contributed by atoms with van der Waals surface area (Å²) in [5, 5.41) is 14.0. The van der Waals surface area contributed by atoms with Gasteiger partial charge in [-0.25, -0.2) is 13.4 Å². The predicted molar refractivity (Wildman–Crippen MR) is 126 cm³/mol. The van der Waals surface area contributed by atoms with E-state index in [0.29, 0.717) is 30.6 Å². The molecule has 0 saturated carbocycles. The number of anilines is 1. The monoisotopic (exact) mass is 483 g/mol. The topological polar surface area (TPSA) is 127 Å². The van der Waals surface area contributed by atoms with Crippen molar-refractivity contribution in [1.82, 2.24) is 13.9 Å². The number of aryl methyl sites for hydroxylation is 1. The first kappa shape index (κ1) is 23.6. The van der Waals surface area contributed by atoms with Gasteiger partial charge in [-0.3, -0.25) is 14.9 Å². The summed E-state index contributed by atoms with van der Waals surface area (Å²) in [5.74, 6) is -0.474. The zero-order valence-electron chi connectivity index (χ0n) is 18.6. The van der Waals surface area contributed by atoms with Crippen molar-refractivity contribution in [2.45, 2.75) is 31.2 Å². The van der Waals surface area contributed by atoms with Gasteiger partial charge in [0.15, 0.2) is 0 Å². The summed E-state index contributed by atoms with van der Waals surface area (Å²) >= 11 is 0. The van der Waals surface area contributed by atoms with Crippen molar-refractivity contribution in [3.05, 3.63) is 82.4 Å². The van der Waals surface area contributed by atoms with Gasteiger partial charge < -0.3 is 9.88 Å². The van der Waals surface area contributed by atoms with Crippen molar-refractivity contribution in [2.75, 3.05) is 18.4 Å². The number of nitro groups is 1. The molecule has 1 N–H and O–H groups in total. The summed E-state index contributed by atoms with van der Waals surface area (Å²) in [4.78, 5) is 27.3. The Bertz CT molecular complexity index is 1300. The van der Waals surface area contributed by atoms with Gasteiger partial charge in [0.25, 0.3) is 5.69 Å². The average Bonchev–Trinajstić information content (AvgIpc) is 3.32. The predicted octanol–water partition coefficient (Wildman–Crippen LogP) is 3.19. The Labute approximate surface area is 197 Å². The molecule has 1 aromatic heterocycles. The average molecular weight is 484 g/mol. The molecule has 1 amide bonds. The molecular weight excluding hydrogens is 458 g/mol. The second kappa shape index (κ2) is 9.74. The van der Waals surface area contributed by atoms with Crippen LogP contribution >= 0.6 is 0 Å². The minimum atomic E-state index is -3.90. The Morgan fingerprint density at radius 3 is 2.65 bits per heavy atom. The molecule has 11 heteroatoms. The second-order valence-electron chi connectivity index (χ2n) is 8.31. The molecular formula is C23H25N5O5S. The first-order valence-corrected chi connectivity index (χ1v) is 12.3. The fourth-order valence-corrected chi connectivity index (χ4v) is 5.77. The van der Waals surface area contributed by atoms with Crippen LogP contribution in [0.4, 0.5) is 11.4 Å². The molecule has 1 saturated heterocycles. The van der Waals surface area contributed by atoms with E-state index < -0.39 is 14.9 Å². The number of aromatic nitrogens is 2. The zero-order chi connectivity index (χ0) is 24.3. The summed E-state index contributed by atoms with van der Waals surface area (Å²) in [7, 11) is -3.90. The number of benzene rings is 2. The largest absolute Gasteiger partial charge is 0.333 e. The molecule has 0 unspecified atom stereocenters. The van der Waals surface area contributed by atoms with Crippen molar-refractivity contribution in [3.8, 4) is 0 Å². The molecule has 178 valence electrons. The van der Waals surface area contributed by atoms with E-state index >= 15 is 0 Å². The summed E-state index contributed by atoms with van der Waals surface area (Å²) < 4.78 is 29.5. The van der Waals surface area contributed by atoms with Gasteiger partial charge in [0, 0.05) is 55.8 Å². The summed E-state index contributed by atoms with van der Waals surface area (Å²) in [6, 6.07) is 11.4. The summed E-state index contributed by atoms with van der Waals surface area (Å²) in [5.41, 5.74) is 1.88. The SMILES string of the molecule is Cc1ccc([N+](=O)[O-])cc1S(=O)(=O)N1CCC(C(=O)Nc2cccc(Cn3ccnc3)c2)CC1. The highest BCUT2D eigenvalue weighted by atomic mass is 32.2. The van der Waals surface area contributed by atoms with Crippen LogP contribution in [0.2, 0.25) is 0 Å². The lowest BCUT2D eigenvalue weighted by Crippen LogP contribution is -2.41.